The van der Waals surface area contributed by atoms with Crippen LogP contribution in [0.2, 0.25) is 0 Å². The molecule has 0 aliphatic rings. The number of aromatic nitrogens is 2. The molecule has 20 heavy (non-hydrogen) atoms. The second-order valence-electron chi connectivity index (χ2n) is 4.94. The number of pyridine rings is 2. The van der Waals surface area contributed by atoms with Gasteiger partial charge in [0.15, 0.2) is 0 Å². The van der Waals surface area contributed by atoms with Crippen LogP contribution in [-0.2, 0) is 6.54 Å². The second kappa shape index (κ2) is 7.01. The van der Waals surface area contributed by atoms with Crippen molar-refractivity contribution in [2.75, 3.05) is 18.5 Å². The summed E-state index contributed by atoms with van der Waals surface area (Å²) in [7, 11) is 2.07. The smallest absolute Gasteiger partial charge is 0.0572 e. The Bertz CT molecular complexity index is 510. The average Bonchev–Trinajstić information content (AvgIpc) is 2.48. The van der Waals surface area contributed by atoms with Crippen LogP contribution in [0.15, 0.2) is 42.9 Å². The molecule has 2 heterocycles. The maximum atomic E-state index is 4.54. The van der Waals surface area contributed by atoms with E-state index in [-0.39, 0.29) is 6.04 Å². The van der Waals surface area contributed by atoms with Gasteiger partial charge in [-0.1, -0.05) is 13.0 Å². The van der Waals surface area contributed by atoms with E-state index in [1.807, 2.05) is 18.5 Å². The van der Waals surface area contributed by atoms with Crippen molar-refractivity contribution < 1.29 is 0 Å². The van der Waals surface area contributed by atoms with Crippen LogP contribution in [0, 0.1) is 0 Å². The quantitative estimate of drug-likeness (QED) is 0.876. The molecule has 4 heteroatoms. The van der Waals surface area contributed by atoms with E-state index in [1.165, 1.54) is 5.56 Å². The third-order valence-electron chi connectivity index (χ3n) is 3.31. The zero-order chi connectivity index (χ0) is 14.4. The summed E-state index contributed by atoms with van der Waals surface area (Å²) in [5.41, 5.74) is 3.38. The van der Waals surface area contributed by atoms with Gasteiger partial charge in [0.2, 0.25) is 0 Å². The number of rotatable bonds is 6. The molecular formula is C16H22N4. The fraction of sp³-hybridized carbons (Fsp3) is 0.375. The summed E-state index contributed by atoms with van der Waals surface area (Å²) < 4.78 is 0. The molecule has 2 aromatic heterocycles. The number of anilines is 1. The zero-order valence-corrected chi connectivity index (χ0v) is 12.4. The van der Waals surface area contributed by atoms with Crippen molar-refractivity contribution in [2.24, 2.45) is 0 Å². The van der Waals surface area contributed by atoms with E-state index in [0.717, 1.165) is 24.5 Å². The first-order chi connectivity index (χ1) is 9.70. The van der Waals surface area contributed by atoms with Crippen molar-refractivity contribution in [2.45, 2.75) is 26.4 Å². The van der Waals surface area contributed by atoms with Gasteiger partial charge in [-0.05, 0) is 37.2 Å². The van der Waals surface area contributed by atoms with Crippen molar-refractivity contribution in [3.63, 3.8) is 0 Å². The van der Waals surface area contributed by atoms with Gasteiger partial charge in [0.05, 0.1) is 17.6 Å². The van der Waals surface area contributed by atoms with Gasteiger partial charge in [0, 0.05) is 32.0 Å². The Morgan fingerprint density at radius 3 is 2.70 bits per heavy atom. The fourth-order valence-electron chi connectivity index (χ4n) is 2.15. The molecule has 0 aliphatic heterocycles. The SMILES string of the molecule is CCNC(C)c1ccc(N(C)Cc2cccnc2)cn1. The van der Waals surface area contributed by atoms with Gasteiger partial charge in [0.25, 0.3) is 0 Å². The van der Waals surface area contributed by atoms with E-state index in [9.17, 15) is 0 Å². The Morgan fingerprint density at radius 2 is 2.10 bits per heavy atom. The van der Waals surface area contributed by atoms with Crippen LogP contribution < -0.4 is 10.2 Å². The highest BCUT2D eigenvalue weighted by molar-refractivity contribution is 5.44. The van der Waals surface area contributed by atoms with Gasteiger partial charge in [-0.25, -0.2) is 0 Å². The monoisotopic (exact) mass is 270 g/mol. The Morgan fingerprint density at radius 1 is 1.25 bits per heavy atom. The number of hydrogen-bond acceptors (Lipinski definition) is 4. The van der Waals surface area contributed by atoms with Crippen LogP contribution in [0.4, 0.5) is 5.69 Å². The molecule has 0 aliphatic carbocycles. The van der Waals surface area contributed by atoms with E-state index in [4.69, 9.17) is 0 Å². The topological polar surface area (TPSA) is 41.0 Å². The lowest BCUT2D eigenvalue weighted by Gasteiger charge is -2.20. The van der Waals surface area contributed by atoms with Crippen molar-refractivity contribution in [3.8, 4) is 0 Å². The highest BCUT2D eigenvalue weighted by Gasteiger charge is 2.07. The molecule has 0 bridgehead atoms. The van der Waals surface area contributed by atoms with E-state index in [1.54, 1.807) is 6.20 Å². The number of nitrogens with zero attached hydrogens (tertiary/aromatic N) is 3. The predicted octanol–water partition coefficient (Wildman–Crippen LogP) is 2.78. The normalized spacial score (nSPS) is 12.2. The van der Waals surface area contributed by atoms with Crippen LogP contribution in [-0.4, -0.2) is 23.6 Å². The molecule has 0 aromatic carbocycles. The molecule has 4 nitrogen and oxygen atoms in total. The Labute approximate surface area is 120 Å². The summed E-state index contributed by atoms with van der Waals surface area (Å²) >= 11 is 0. The highest BCUT2D eigenvalue weighted by atomic mass is 15.1. The van der Waals surface area contributed by atoms with E-state index < -0.39 is 0 Å². The molecule has 0 saturated carbocycles. The Balaban J connectivity index is 2.02. The van der Waals surface area contributed by atoms with E-state index in [0.29, 0.717) is 0 Å². The molecular weight excluding hydrogens is 248 g/mol. The molecule has 1 atom stereocenters. The molecule has 0 radical (unpaired) electrons. The minimum atomic E-state index is 0.290. The van der Waals surface area contributed by atoms with Crippen LogP contribution in [0.1, 0.15) is 31.1 Å². The van der Waals surface area contributed by atoms with Crippen LogP contribution >= 0.6 is 0 Å². The van der Waals surface area contributed by atoms with Crippen molar-refractivity contribution >= 4 is 5.69 Å². The van der Waals surface area contributed by atoms with Gasteiger partial charge in [-0.3, -0.25) is 9.97 Å². The van der Waals surface area contributed by atoms with Crippen molar-refractivity contribution in [3.05, 3.63) is 54.1 Å². The molecule has 106 valence electrons. The van der Waals surface area contributed by atoms with E-state index in [2.05, 4.69) is 59.3 Å². The standard InChI is InChI=1S/C16H22N4/c1-4-18-13(2)16-8-7-15(11-19-16)20(3)12-14-6-5-9-17-10-14/h5-11,13,18H,4,12H2,1-3H3. The Kier molecular flexibility index (Phi) is 5.07. The predicted molar refractivity (Wildman–Crippen MR) is 82.7 cm³/mol. The van der Waals surface area contributed by atoms with Crippen LogP contribution in [0.5, 0.6) is 0 Å². The second-order valence-corrected chi connectivity index (χ2v) is 4.94. The lowest BCUT2D eigenvalue weighted by Crippen LogP contribution is -2.20. The minimum absolute atomic E-state index is 0.290. The molecule has 0 amide bonds. The molecule has 2 aromatic rings. The summed E-state index contributed by atoms with van der Waals surface area (Å²) in [4.78, 5) is 10.9. The third-order valence-corrected chi connectivity index (χ3v) is 3.31. The van der Waals surface area contributed by atoms with Gasteiger partial charge in [0.1, 0.15) is 0 Å². The summed E-state index contributed by atoms with van der Waals surface area (Å²) in [6.45, 7) is 6.01. The third kappa shape index (κ3) is 3.78. The van der Waals surface area contributed by atoms with Gasteiger partial charge in [-0.15, -0.1) is 0 Å². The number of hydrogen-bond donors (Lipinski definition) is 1. The molecule has 1 N–H and O–H groups in total. The van der Waals surface area contributed by atoms with Crippen LogP contribution in [0.25, 0.3) is 0 Å². The molecule has 1 unspecified atom stereocenters. The van der Waals surface area contributed by atoms with Crippen LogP contribution in [0.3, 0.4) is 0 Å². The highest BCUT2D eigenvalue weighted by Crippen LogP contribution is 2.17. The van der Waals surface area contributed by atoms with Crippen molar-refractivity contribution in [1.82, 2.24) is 15.3 Å². The van der Waals surface area contributed by atoms with Crippen molar-refractivity contribution in [1.29, 1.82) is 0 Å². The summed E-state index contributed by atoms with van der Waals surface area (Å²) in [5.74, 6) is 0. The zero-order valence-electron chi connectivity index (χ0n) is 12.4. The maximum absolute atomic E-state index is 4.54. The van der Waals surface area contributed by atoms with Gasteiger partial charge >= 0.3 is 0 Å². The molecule has 2 rings (SSSR count). The molecule has 0 saturated heterocycles. The largest absolute Gasteiger partial charge is 0.369 e. The first kappa shape index (κ1) is 14.5. The van der Waals surface area contributed by atoms with E-state index >= 15 is 0 Å². The fourth-order valence-corrected chi connectivity index (χ4v) is 2.15. The van der Waals surface area contributed by atoms with Gasteiger partial charge < -0.3 is 10.2 Å². The minimum Gasteiger partial charge on any atom is -0.369 e. The summed E-state index contributed by atoms with van der Waals surface area (Å²) in [5, 5.41) is 3.37. The molecule has 0 spiro atoms. The van der Waals surface area contributed by atoms with Gasteiger partial charge in [-0.2, -0.15) is 0 Å². The Hall–Kier alpha value is -1.94. The first-order valence-corrected chi connectivity index (χ1v) is 7.00. The lowest BCUT2D eigenvalue weighted by molar-refractivity contribution is 0.583. The molecule has 0 fully saturated rings. The average molecular weight is 270 g/mol. The lowest BCUT2D eigenvalue weighted by atomic mass is 10.2. The maximum Gasteiger partial charge on any atom is 0.0572 e. The first-order valence-electron chi connectivity index (χ1n) is 7.00. The number of nitrogens with one attached hydrogen (secondary N) is 1. The summed E-state index contributed by atoms with van der Waals surface area (Å²) in [6.07, 6.45) is 5.62. The summed E-state index contributed by atoms with van der Waals surface area (Å²) in [6, 6.07) is 8.54.